The van der Waals surface area contributed by atoms with Crippen LogP contribution in [-0.4, -0.2) is 4.57 Å². The van der Waals surface area contributed by atoms with Gasteiger partial charge in [-0.2, -0.15) is 0 Å². The summed E-state index contributed by atoms with van der Waals surface area (Å²) < 4.78 is 2.37. The van der Waals surface area contributed by atoms with E-state index in [0.717, 1.165) is 11.4 Å². The third-order valence-electron chi connectivity index (χ3n) is 9.99. The molecule has 2 nitrogen and oxygen atoms in total. The number of nitrogens with zero attached hydrogens (tertiary/aromatic N) is 1. The van der Waals surface area contributed by atoms with Crippen molar-refractivity contribution < 1.29 is 0 Å². The van der Waals surface area contributed by atoms with E-state index in [1.54, 1.807) is 0 Å². The fraction of sp³-hybridized carbons (Fsp3) is 0.0667. The van der Waals surface area contributed by atoms with Crippen LogP contribution < -0.4 is 5.32 Å². The van der Waals surface area contributed by atoms with Crippen LogP contribution in [0.2, 0.25) is 0 Å². The van der Waals surface area contributed by atoms with Gasteiger partial charge < -0.3 is 9.88 Å². The molecule has 0 amide bonds. The largest absolute Gasteiger partial charge is 0.355 e. The Hall–Kier alpha value is -5.86. The summed E-state index contributed by atoms with van der Waals surface area (Å²) in [6.45, 7) is 4.70. The van der Waals surface area contributed by atoms with Crippen molar-refractivity contribution in [2.24, 2.45) is 0 Å². The number of para-hydroxylation sites is 3. The van der Waals surface area contributed by atoms with Gasteiger partial charge in [0.2, 0.25) is 0 Å². The Morgan fingerprint density at radius 1 is 0.447 bits per heavy atom. The molecule has 0 spiro atoms. The van der Waals surface area contributed by atoms with E-state index in [0.29, 0.717) is 0 Å². The summed E-state index contributed by atoms with van der Waals surface area (Å²) in [6.07, 6.45) is 0. The second-order valence-electron chi connectivity index (χ2n) is 13.1. The van der Waals surface area contributed by atoms with Crippen LogP contribution >= 0.6 is 0 Å². The molecule has 1 aromatic heterocycles. The molecule has 2 heteroatoms. The summed E-state index contributed by atoms with van der Waals surface area (Å²) in [5.74, 6) is 0. The monoisotopic (exact) mass is 602 g/mol. The Bertz CT molecular complexity index is 2450. The molecule has 224 valence electrons. The van der Waals surface area contributed by atoms with Crippen LogP contribution in [-0.2, 0) is 5.41 Å². The van der Waals surface area contributed by atoms with Gasteiger partial charge in [-0.05, 0) is 93.5 Å². The molecule has 9 rings (SSSR count). The highest BCUT2D eigenvalue weighted by atomic mass is 15.0. The quantitative estimate of drug-likeness (QED) is 0.207. The average molecular weight is 603 g/mol. The zero-order valence-electron chi connectivity index (χ0n) is 26.5. The molecule has 8 aromatic rings. The molecule has 7 aromatic carbocycles. The Morgan fingerprint density at radius 3 is 1.98 bits per heavy atom. The van der Waals surface area contributed by atoms with Crippen LogP contribution in [0.25, 0.3) is 60.9 Å². The van der Waals surface area contributed by atoms with E-state index in [4.69, 9.17) is 0 Å². The molecule has 0 radical (unpaired) electrons. The van der Waals surface area contributed by atoms with Gasteiger partial charge in [0.15, 0.2) is 0 Å². The van der Waals surface area contributed by atoms with Crippen LogP contribution in [0.4, 0.5) is 11.4 Å². The Kier molecular flexibility index (Phi) is 6.20. The van der Waals surface area contributed by atoms with E-state index in [2.05, 4.69) is 188 Å². The summed E-state index contributed by atoms with van der Waals surface area (Å²) in [4.78, 5) is 0. The lowest BCUT2D eigenvalue weighted by Crippen LogP contribution is -2.15. The Labute approximate surface area is 275 Å². The molecule has 0 bridgehead atoms. The highest BCUT2D eigenvalue weighted by molar-refractivity contribution is 6.10. The number of hydrogen-bond donors (Lipinski definition) is 1. The van der Waals surface area contributed by atoms with Crippen LogP contribution in [0.3, 0.4) is 0 Å². The van der Waals surface area contributed by atoms with Gasteiger partial charge >= 0.3 is 0 Å². The van der Waals surface area contributed by atoms with Gasteiger partial charge in [0, 0.05) is 38.8 Å². The zero-order chi connectivity index (χ0) is 31.5. The van der Waals surface area contributed by atoms with Gasteiger partial charge in [-0.3, -0.25) is 0 Å². The van der Waals surface area contributed by atoms with Gasteiger partial charge in [0.05, 0.1) is 11.0 Å². The van der Waals surface area contributed by atoms with Gasteiger partial charge in [0.1, 0.15) is 0 Å². The summed E-state index contributed by atoms with van der Waals surface area (Å²) in [6, 6.07) is 59.4. The minimum absolute atomic E-state index is 0.104. The molecule has 0 fully saturated rings. The molecule has 1 heterocycles. The van der Waals surface area contributed by atoms with E-state index in [-0.39, 0.29) is 5.41 Å². The fourth-order valence-electron chi connectivity index (χ4n) is 7.64. The van der Waals surface area contributed by atoms with Crippen molar-refractivity contribution >= 4 is 33.2 Å². The predicted octanol–water partition coefficient (Wildman–Crippen LogP) is 12.2. The highest BCUT2D eigenvalue weighted by Crippen LogP contribution is 2.51. The van der Waals surface area contributed by atoms with Crippen molar-refractivity contribution in [3.63, 3.8) is 0 Å². The first-order valence-electron chi connectivity index (χ1n) is 16.4. The molecule has 1 aliphatic carbocycles. The molecule has 0 saturated heterocycles. The highest BCUT2D eigenvalue weighted by Gasteiger charge is 2.35. The topological polar surface area (TPSA) is 17.0 Å². The number of anilines is 2. The number of benzene rings is 7. The minimum atomic E-state index is -0.104. The van der Waals surface area contributed by atoms with Crippen molar-refractivity contribution in [1.29, 1.82) is 0 Å². The first kappa shape index (κ1) is 27.5. The predicted molar refractivity (Wildman–Crippen MR) is 199 cm³/mol. The number of nitrogens with one attached hydrogen (secondary N) is 1. The second kappa shape index (κ2) is 10.6. The Morgan fingerprint density at radius 2 is 1.13 bits per heavy atom. The third-order valence-corrected chi connectivity index (χ3v) is 9.99. The third kappa shape index (κ3) is 4.40. The summed E-state index contributed by atoms with van der Waals surface area (Å²) in [7, 11) is 0. The van der Waals surface area contributed by atoms with E-state index < -0.39 is 0 Å². The summed E-state index contributed by atoms with van der Waals surface area (Å²) in [5.41, 5.74) is 16.0. The van der Waals surface area contributed by atoms with Crippen molar-refractivity contribution in [2.75, 3.05) is 5.32 Å². The number of aromatic nitrogens is 1. The number of fused-ring (bicyclic) bond motifs is 6. The van der Waals surface area contributed by atoms with Crippen LogP contribution in [0.15, 0.2) is 164 Å². The first-order chi connectivity index (χ1) is 23.1. The molecule has 1 N–H and O–H groups in total. The maximum absolute atomic E-state index is 3.75. The van der Waals surface area contributed by atoms with Gasteiger partial charge in [-0.15, -0.1) is 0 Å². The molecule has 0 aliphatic heterocycles. The Balaban J connectivity index is 1.11. The second-order valence-corrected chi connectivity index (χ2v) is 13.1. The number of rotatable bonds is 5. The standard InChI is InChI=1S/C45H34N2/c1-45(2)40-25-21-31(32-22-26-44-39(28-32)37-18-10-12-20-43(37)47(44)34-15-7-4-8-16-34)27-38(40)36-24-23-33(29-41(36)45)46-42-19-11-9-17-35(42)30-13-5-3-6-14-30/h3-29,46H,1-2H3. The van der Waals surface area contributed by atoms with Crippen molar-refractivity contribution in [3.8, 4) is 39.1 Å². The van der Waals surface area contributed by atoms with E-state index in [1.807, 2.05) is 0 Å². The van der Waals surface area contributed by atoms with E-state index in [1.165, 1.54) is 72.0 Å². The normalized spacial score (nSPS) is 13.1. The van der Waals surface area contributed by atoms with Gasteiger partial charge in [-0.25, -0.2) is 0 Å². The molecule has 1 aliphatic rings. The van der Waals surface area contributed by atoms with Crippen LogP contribution in [0.5, 0.6) is 0 Å². The molecule has 0 atom stereocenters. The number of hydrogen-bond acceptors (Lipinski definition) is 1. The first-order valence-corrected chi connectivity index (χ1v) is 16.4. The zero-order valence-corrected chi connectivity index (χ0v) is 26.5. The fourth-order valence-corrected chi connectivity index (χ4v) is 7.64. The van der Waals surface area contributed by atoms with Gasteiger partial charge in [-0.1, -0.05) is 123 Å². The lowest BCUT2D eigenvalue weighted by Gasteiger charge is -2.22. The smallest absolute Gasteiger partial charge is 0.0541 e. The molecular weight excluding hydrogens is 569 g/mol. The van der Waals surface area contributed by atoms with Crippen molar-refractivity contribution in [3.05, 3.63) is 175 Å². The summed E-state index contributed by atoms with van der Waals surface area (Å²) in [5, 5.41) is 6.29. The maximum Gasteiger partial charge on any atom is 0.0541 e. The minimum Gasteiger partial charge on any atom is -0.355 e. The average Bonchev–Trinajstić information content (AvgIpc) is 3.57. The van der Waals surface area contributed by atoms with Crippen LogP contribution in [0.1, 0.15) is 25.0 Å². The molecular formula is C45H34N2. The van der Waals surface area contributed by atoms with E-state index >= 15 is 0 Å². The molecule has 0 unspecified atom stereocenters. The van der Waals surface area contributed by atoms with Gasteiger partial charge in [0.25, 0.3) is 0 Å². The lowest BCUT2D eigenvalue weighted by molar-refractivity contribution is 0.660. The van der Waals surface area contributed by atoms with Crippen LogP contribution in [0, 0.1) is 0 Å². The summed E-state index contributed by atoms with van der Waals surface area (Å²) >= 11 is 0. The SMILES string of the molecule is CC1(C)c2ccc(-c3ccc4c(c3)c3ccccc3n4-c3ccccc3)cc2-c2ccc(Nc3ccccc3-c3ccccc3)cc21. The van der Waals surface area contributed by atoms with Crippen molar-refractivity contribution in [1.82, 2.24) is 4.57 Å². The van der Waals surface area contributed by atoms with E-state index in [9.17, 15) is 0 Å². The molecule has 0 saturated carbocycles. The van der Waals surface area contributed by atoms with Crippen molar-refractivity contribution in [2.45, 2.75) is 19.3 Å². The molecule has 47 heavy (non-hydrogen) atoms. The lowest BCUT2D eigenvalue weighted by atomic mass is 9.82. The maximum atomic E-state index is 3.75.